The van der Waals surface area contributed by atoms with Gasteiger partial charge in [-0.1, -0.05) is 15.9 Å². The van der Waals surface area contributed by atoms with Crippen LogP contribution in [0, 0.1) is 11.8 Å². The van der Waals surface area contributed by atoms with Crippen LogP contribution in [0.4, 0.5) is 17.1 Å². The van der Waals surface area contributed by atoms with Gasteiger partial charge in [-0.15, -0.1) is 11.8 Å². The summed E-state index contributed by atoms with van der Waals surface area (Å²) in [4.78, 5) is 45.7. The number of aliphatic hydroxyl groups is 1. The molecule has 0 aliphatic carbocycles. The van der Waals surface area contributed by atoms with Crippen molar-refractivity contribution in [3.05, 3.63) is 48.5 Å². The van der Waals surface area contributed by atoms with Crippen LogP contribution in [0.1, 0.15) is 34.1 Å². The van der Waals surface area contributed by atoms with Crippen molar-refractivity contribution < 1.29 is 24.2 Å². The van der Waals surface area contributed by atoms with Crippen LogP contribution in [-0.2, 0) is 14.4 Å². The van der Waals surface area contributed by atoms with Crippen LogP contribution >= 0.6 is 27.7 Å². The Balaban J connectivity index is 1.42. The number of amides is 3. The van der Waals surface area contributed by atoms with E-state index >= 15 is 0 Å². The molecule has 2 bridgehead atoms. The number of nitrogens with one attached hydrogen (secondary N) is 2. The predicted octanol–water partition coefficient (Wildman–Crippen LogP) is 4.35. The summed E-state index contributed by atoms with van der Waals surface area (Å²) >= 11 is 5.36. The molecule has 3 aliphatic rings. The molecule has 0 radical (unpaired) electrons. The van der Waals surface area contributed by atoms with Gasteiger partial charge in [-0.25, -0.2) is 0 Å². The fraction of sp³-hybridized carbons (Fsp3) is 0.516. The molecule has 3 N–H and O–H groups in total. The molecule has 3 aliphatic heterocycles. The van der Waals surface area contributed by atoms with Crippen LogP contribution in [0.25, 0.3) is 0 Å². The molecule has 1 spiro atoms. The number of rotatable bonds is 11. The molecule has 0 aromatic heterocycles. The van der Waals surface area contributed by atoms with E-state index in [2.05, 4.69) is 45.3 Å². The first kappa shape index (κ1) is 30.7. The molecule has 3 heterocycles. The Hall–Kier alpha value is -2.76. The summed E-state index contributed by atoms with van der Waals surface area (Å²) in [6, 6.07) is 13.4. The van der Waals surface area contributed by atoms with Crippen LogP contribution in [0.15, 0.2) is 48.5 Å². The van der Waals surface area contributed by atoms with Crippen molar-refractivity contribution in [2.75, 3.05) is 41.8 Å². The minimum Gasteiger partial charge on any atom is -0.494 e. The summed E-state index contributed by atoms with van der Waals surface area (Å²) < 4.78 is 4.71. The number of halogens is 1. The van der Waals surface area contributed by atoms with Crippen molar-refractivity contribution in [3.63, 3.8) is 0 Å². The molecule has 3 fully saturated rings. The number of carbonyl (C=O) groups excluding carboxylic acids is 3. The SMILES string of the molecule is CCOc1ccc(NC(=O)[C@H]2[C@H]3C(=O)N([C@H](C)CO)C(C(=O)Nc4ccc(N(CC)CC)cc4)C34CC(Br)[C@@H]2S4)cc1. The second kappa shape index (κ2) is 12.5. The van der Waals surface area contributed by atoms with Crippen molar-refractivity contribution in [1.82, 2.24) is 4.90 Å². The third-order valence-electron chi connectivity index (χ3n) is 8.71. The third kappa shape index (κ3) is 5.28. The van der Waals surface area contributed by atoms with Gasteiger partial charge in [-0.2, -0.15) is 0 Å². The number of anilines is 3. The Morgan fingerprint density at radius 1 is 1.07 bits per heavy atom. The summed E-state index contributed by atoms with van der Waals surface area (Å²) in [7, 11) is 0. The highest BCUT2D eigenvalue weighted by molar-refractivity contribution is 9.09. The first-order chi connectivity index (χ1) is 20.2. The average Bonchev–Trinajstić information content (AvgIpc) is 3.58. The number of aliphatic hydroxyl groups excluding tert-OH is 1. The van der Waals surface area contributed by atoms with E-state index in [-0.39, 0.29) is 34.4 Å². The van der Waals surface area contributed by atoms with E-state index in [9.17, 15) is 19.5 Å². The molecule has 2 aromatic carbocycles. The van der Waals surface area contributed by atoms with Gasteiger partial charge in [0.25, 0.3) is 0 Å². The van der Waals surface area contributed by atoms with E-state index in [0.717, 1.165) is 18.8 Å². The Labute approximate surface area is 259 Å². The monoisotopic (exact) mass is 658 g/mol. The lowest BCUT2D eigenvalue weighted by Crippen LogP contribution is -2.54. The van der Waals surface area contributed by atoms with E-state index in [4.69, 9.17) is 4.74 Å². The highest BCUT2D eigenvalue weighted by Gasteiger charge is 2.76. The summed E-state index contributed by atoms with van der Waals surface area (Å²) in [6.45, 7) is 9.86. The average molecular weight is 660 g/mol. The quantitative estimate of drug-likeness (QED) is 0.308. The Bertz CT molecular complexity index is 1310. The van der Waals surface area contributed by atoms with Crippen molar-refractivity contribution in [2.45, 2.75) is 61.0 Å². The Kier molecular flexibility index (Phi) is 9.10. The fourth-order valence-corrected chi connectivity index (χ4v) is 10.4. The number of nitrogens with zero attached hydrogens (tertiary/aromatic N) is 2. The number of alkyl halides is 1. The van der Waals surface area contributed by atoms with Gasteiger partial charge in [0.1, 0.15) is 11.8 Å². The first-order valence-corrected chi connectivity index (χ1v) is 16.4. The minimum absolute atomic E-state index is 0.0457. The number of thioether (sulfide) groups is 1. The van der Waals surface area contributed by atoms with Gasteiger partial charge in [-0.3, -0.25) is 14.4 Å². The van der Waals surface area contributed by atoms with Crippen molar-refractivity contribution in [1.29, 1.82) is 0 Å². The maximum absolute atomic E-state index is 14.1. The van der Waals surface area contributed by atoms with Crippen LogP contribution in [0.2, 0.25) is 0 Å². The number of ether oxygens (including phenoxy) is 1. The molecule has 11 heteroatoms. The smallest absolute Gasteiger partial charge is 0.248 e. The standard InChI is InChI=1S/C31H39BrN4O5S/c1-5-35(6-2)21-12-8-19(9-13-21)34-29(39)27-31-16-23(32)26(42-31)24(25(31)30(40)36(27)18(4)17-37)28(38)33-20-10-14-22(15-11-20)41-7-3/h8-15,18,23-27,37H,5-7,16-17H2,1-4H3,(H,33,38)(H,34,39)/t18-,23?,24+,25+,26+,27?,31?/m1/s1. The molecule has 3 unspecified atom stereocenters. The maximum Gasteiger partial charge on any atom is 0.248 e. The number of hydrogen-bond donors (Lipinski definition) is 3. The maximum atomic E-state index is 14.1. The molecular weight excluding hydrogens is 620 g/mol. The van der Waals surface area contributed by atoms with E-state index in [0.29, 0.717) is 30.2 Å². The van der Waals surface area contributed by atoms with E-state index in [1.54, 1.807) is 43.0 Å². The lowest BCUT2D eigenvalue weighted by molar-refractivity contribution is -0.140. The van der Waals surface area contributed by atoms with Gasteiger partial charge in [0.2, 0.25) is 17.7 Å². The van der Waals surface area contributed by atoms with E-state index in [1.807, 2.05) is 31.2 Å². The largest absolute Gasteiger partial charge is 0.494 e. The van der Waals surface area contributed by atoms with Crippen LogP contribution in [0.5, 0.6) is 5.75 Å². The number of carbonyl (C=O) groups is 3. The number of hydrogen-bond acceptors (Lipinski definition) is 7. The van der Waals surface area contributed by atoms with Crippen LogP contribution in [-0.4, -0.2) is 80.9 Å². The van der Waals surface area contributed by atoms with Gasteiger partial charge in [0, 0.05) is 40.2 Å². The van der Waals surface area contributed by atoms with Crippen molar-refractivity contribution >= 4 is 62.5 Å². The second-order valence-electron chi connectivity index (χ2n) is 11.1. The topological polar surface area (TPSA) is 111 Å². The van der Waals surface area contributed by atoms with Crippen LogP contribution in [0.3, 0.4) is 0 Å². The molecule has 7 atom stereocenters. The number of likely N-dealkylation sites (tertiary alicyclic amines) is 1. The molecule has 3 amide bonds. The van der Waals surface area contributed by atoms with Gasteiger partial charge in [0.15, 0.2) is 0 Å². The fourth-order valence-electron chi connectivity index (χ4n) is 6.81. The lowest BCUT2D eigenvalue weighted by Gasteiger charge is -2.36. The van der Waals surface area contributed by atoms with Crippen molar-refractivity contribution in [3.8, 4) is 5.75 Å². The zero-order valence-electron chi connectivity index (χ0n) is 24.4. The molecule has 42 heavy (non-hydrogen) atoms. The molecule has 226 valence electrons. The summed E-state index contributed by atoms with van der Waals surface area (Å²) in [5, 5.41) is 16.0. The summed E-state index contributed by atoms with van der Waals surface area (Å²) in [5.41, 5.74) is 2.32. The minimum atomic E-state index is -0.835. The zero-order chi connectivity index (χ0) is 30.2. The first-order valence-electron chi connectivity index (χ1n) is 14.6. The van der Waals surface area contributed by atoms with Gasteiger partial charge in [0.05, 0.1) is 35.8 Å². The second-order valence-corrected chi connectivity index (χ2v) is 13.8. The zero-order valence-corrected chi connectivity index (χ0v) is 26.8. The van der Waals surface area contributed by atoms with Crippen molar-refractivity contribution in [2.24, 2.45) is 11.8 Å². The molecule has 9 nitrogen and oxygen atoms in total. The van der Waals surface area contributed by atoms with Gasteiger partial charge >= 0.3 is 0 Å². The number of benzene rings is 2. The Morgan fingerprint density at radius 3 is 2.24 bits per heavy atom. The summed E-state index contributed by atoms with van der Waals surface area (Å²) in [5.74, 6) is -1.41. The normalized spacial score (nSPS) is 28.4. The highest BCUT2D eigenvalue weighted by atomic mass is 79.9. The Morgan fingerprint density at radius 2 is 1.67 bits per heavy atom. The molecule has 3 saturated heterocycles. The molecule has 5 rings (SSSR count). The van der Waals surface area contributed by atoms with Gasteiger partial charge < -0.3 is 30.3 Å². The number of fused-ring (bicyclic) bond motifs is 1. The highest BCUT2D eigenvalue weighted by Crippen LogP contribution is 2.68. The third-order valence-corrected chi connectivity index (χ3v) is 11.9. The van der Waals surface area contributed by atoms with E-state index < -0.39 is 28.7 Å². The predicted molar refractivity (Wildman–Crippen MR) is 170 cm³/mol. The van der Waals surface area contributed by atoms with E-state index in [1.165, 1.54) is 4.90 Å². The summed E-state index contributed by atoms with van der Waals surface area (Å²) in [6.07, 6.45) is 0.569. The lowest BCUT2D eigenvalue weighted by atomic mass is 9.70. The van der Waals surface area contributed by atoms with Gasteiger partial charge in [-0.05, 0) is 82.6 Å². The molecule has 0 saturated carbocycles. The molecular formula is C31H39BrN4O5S. The molecule has 2 aromatic rings. The van der Waals surface area contributed by atoms with Crippen LogP contribution < -0.4 is 20.3 Å².